The van der Waals surface area contributed by atoms with Gasteiger partial charge in [-0.05, 0) is 36.7 Å². The van der Waals surface area contributed by atoms with Crippen molar-refractivity contribution in [3.63, 3.8) is 0 Å². The van der Waals surface area contributed by atoms with Gasteiger partial charge in [-0.3, -0.25) is 0 Å². The van der Waals surface area contributed by atoms with Crippen LogP contribution >= 0.6 is 0 Å². The Balaban J connectivity index is 2.21. The van der Waals surface area contributed by atoms with Crippen LogP contribution in [0.4, 0.5) is 0 Å². The summed E-state index contributed by atoms with van der Waals surface area (Å²) in [6.45, 7) is 4.56. The van der Waals surface area contributed by atoms with E-state index in [0.29, 0.717) is 5.92 Å². The van der Waals surface area contributed by atoms with Crippen LogP contribution in [0.25, 0.3) is 0 Å². The number of hydrogen-bond acceptors (Lipinski definition) is 1. The third-order valence-corrected chi connectivity index (χ3v) is 4.98. The molecule has 0 bridgehead atoms. The van der Waals surface area contributed by atoms with Crippen molar-refractivity contribution in [3.8, 4) is 0 Å². The van der Waals surface area contributed by atoms with Gasteiger partial charge in [0.2, 0.25) is 0 Å². The average molecular weight is 245 g/mol. The van der Waals surface area contributed by atoms with Crippen LogP contribution in [-0.4, -0.2) is 0 Å². The minimum absolute atomic E-state index is 0.116. The predicted octanol–water partition coefficient (Wildman–Crippen LogP) is 4.47. The fraction of sp³-hybridized carbons (Fsp3) is 0.647. The highest BCUT2D eigenvalue weighted by Gasteiger charge is 2.37. The molecule has 0 radical (unpaired) electrons. The second-order valence-corrected chi connectivity index (χ2v) is 5.90. The molecule has 0 saturated heterocycles. The first-order valence-corrected chi connectivity index (χ1v) is 7.55. The third-order valence-electron chi connectivity index (χ3n) is 4.98. The Hall–Kier alpha value is -0.820. The van der Waals surface area contributed by atoms with Crippen LogP contribution < -0.4 is 5.73 Å². The maximum Gasteiger partial charge on any atom is 0.0435 e. The zero-order chi connectivity index (χ0) is 13.0. The summed E-state index contributed by atoms with van der Waals surface area (Å²) in [6.07, 6.45) is 7.73. The molecule has 1 nitrogen and oxygen atoms in total. The molecule has 0 amide bonds. The van der Waals surface area contributed by atoms with Crippen molar-refractivity contribution >= 4 is 0 Å². The van der Waals surface area contributed by atoms with Gasteiger partial charge in [-0.1, -0.05) is 63.4 Å². The van der Waals surface area contributed by atoms with Gasteiger partial charge in [-0.25, -0.2) is 0 Å². The Morgan fingerprint density at radius 1 is 1.17 bits per heavy atom. The molecule has 2 N–H and O–H groups in total. The zero-order valence-electron chi connectivity index (χ0n) is 11.9. The molecule has 2 rings (SSSR count). The lowest BCUT2D eigenvalue weighted by Gasteiger charge is -2.42. The summed E-state index contributed by atoms with van der Waals surface area (Å²) < 4.78 is 0. The highest BCUT2D eigenvalue weighted by atomic mass is 14.8. The number of rotatable bonds is 4. The maximum atomic E-state index is 6.81. The molecular weight excluding hydrogens is 218 g/mol. The molecule has 0 heterocycles. The van der Waals surface area contributed by atoms with E-state index in [2.05, 4.69) is 44.2 Å². The van der Waals surface area contributed by atoms with E-state index in [-0.39, 0.29) is 5.54 Å². The van der Waals surface area contributed by atoms with E-state index in [1.807, 2.05) is 0 Å². The Morgan fingerprint density at radius 2 is 1.89 bits per heavy atom. The summed E-state index contributed by atoms with van der Waals surface area (Å²) in [5.74, 6) is 1.55. The zero-order valence-corrected chi connectivity index (χ0v) is 11.9. The molecule has 0 spiro atoms. The highest BCUT2D eigenvalue weighted by molar-refractivity contribution is 5.25. The van der Waals surface area contributed by atoms with Crippen LogP contribution in [0.5, 0.6) is 0 Å². The summed E-state index contributed by atoms with van der Waals surface area (Å²) in [6, 6.07) is 10.7. The number of nitrogens with two attached hydrogens (primary N) is 1. The predicted molar refractivity (Wildman–Crippen MR) is 78.3 cm³/mol. The minimum Gasteiger partial charge on any atom is -0.321 e. The molecule has 1 fully saturated rings. The molecule has 3 atom stereocenters. The monoisotopic (exact) mass is 245 g/mol. The molecule has 1 aliphatic rings. The number of hydrogen-bond donors (Lipinski definition) is 1. The molecule has 0 aromatic heterocycles. The lowest BCUT2D eigenvalue weighted by molar-refractivity contribution is 0.156. The van der Waals surface area contributed by atoms with E-state index >= 15 is 0 Å². The van der Waals surface area contributed by atoms with Crippen molar-refractivity contribution < 1.29 is 0 Å². The van der Waals surface area contributed by atoms with Crippen LogP contribution in [0, 0.1) is 11.8 Å². The molecular formula is C17H27N. The summed E-state index contributed by atoms with van der Waals surface area (Å²) in [5.41, 5.74) is 8.02. The SMILES string of the molecule is CCC1CCCC(C(N)(CC)c2ccccc2)C1. The van der Waals surface area contributed by atoms with Crippen LogP contribution in [-0.2, 0) is 5.54 Å². The van der Waals surface area contributed by atoms with Crippen LogP contribution in [0.1, 0.15) is 57.9 Å². The second kappa shape index (κ2) is 5.88. The average Bonchev–Trinajstić information content (AvgIpc) is 2.47. The minimum atomic E-state index is -0.116. The van der Waals surface area contributed by atoms with Crippen LogP contribution in [0.15, 0.2) is 30.3 Å². The van der Waals surface area contributed by atoms with Gasteiger partial charge in [0.15, 0.2) is 0 Å². The normalized spacial score (nSPS) is 27.7. The molecule has 3 unspecified atom stereocenters. The van der Waals surface area contributed by atoms with Crippen molar-refractivity contribution in [2.45, 2.75) is 57.9 Å². The van der Waals surface area contributed by atoms with Gasteiger partial charge in [0, 0.05) is 5.54 Å². The van der Waals surface area contributed by atoms with Gasteiger partial charge in [-0.15, -0.1) is 0 Å². The smallest absolute Gasteiger partial charge is 0.0435 e. The second-order valence-electron chi connectivity index (χ2n) is 5.90. The summed E-state index contributed by atoms with van der Waals surface area (Å²) in [5, 5.41) is 0. The molecule has 1 aromatic rings. The third kappa shape index (κ3) is 2.61. The first-order valence-electron chi connectivity index (χ1n) is 7.55. The van der Waals surface area contributed by atoms with Crippen molar-refractivity contribution in [3.05, 3.63) is 35.9 Å². The summed E-state index contributed by atoms with van der Waals surface area (Å²) in [4.78, 5) is 0. The van der Waals surface area contributed by atoms with Crippen LogP contribution in [0.3, 0.4) is 0 Å². The van der Waals surface area contributed by atoms with E-state index in [9.17, 15) is 0 Å². The maximum absolute atomic E-state index is 6.81. The molecule has 1 aliphatic carbocycles. The highest BCUT2D eigenvalue weighted by Crippen LogP contribution is 2.42. The lowest BCUT2D eigenvalue weighted by atomic mass is 9.67. The molecule has 1 saturated carbocycles. The standard InChI is InChI=1S/C17H27N/c1-3-14-9-8-12-16(13-14)17(18,4-2)15-10-6-5-7-11-15/h5-7,10-11,14,16H,3-4,8-9,12-13,18H2,1-2H3. The fourth-order valence-corrected chi connectivity index (χ4v) is 3.61. The van der Waals surface area contributed by atoms with Gasteiger partial charge in [0.25, 0.3) is 0 Å². The Kier molecular flexibility index (Phi) is 4.45. The Labute approximate surface area is 112 Å². The molecule has 1 heteroatoms. The first kappa shape index (κ1) is 13.6. The number of benzene rings is 1. The van der Waals surface area contributed by atoms with Crippen LogP contribution in [0.2, 0.25) is 0 Å². The quantitative estimate of drug-likeness (QED) is 0.832. The summed E-state index contributed by atoms with van der Waals surface area (Å²) in [7, 11) is 0. The van der Waals surface area contributed by atoms with E-state index in [1.54, 1.807) is 0 Å². The van der Waals surface area contributed by atoms with Gasteiger partial charge in [0.05, 0.1) is 0 Å². The van der Waals surface area contributed by atoms with Crippen molar-refractivity contribution in [1.29, 1.82) is 0 Å². The topological polar surface area (TPSA) is 26.0 Å². The summed E-state index contributed by atoms with van der Waals surface area (Å²) >= 11 is 0. The molecule has 18 heavy (non-hydrogen) atoms. The van der Waals surface area contributed by atoms with Gasteiger partial charge in [-0.2, -0.15) is 0 Å². The van der Waals surface area contributed by atoms with Gasteiger partial charge < -0.3 is 5.73 Å². The van der Waals surface area contributed by atoms with Crippen molar-refractivity contribution in [1.82, 2.24) is 0 Å². The van der Waals surface area contributed by atoms with E-state index < -0.39 is 0 Å². The largest absolute Gasteiger partial charge is 0.321 e. The lowest BCUT2D eigenvalue weighted by Crippen LogP contribution is -2.45. The van der Waals surface area contributed by atoms with E-state index in [0.717, 1.165) is 12.3 Å². The molecule has 1 aromatic carbocycles. The Bertz CT molecular complexity index is 359. The molecule has 0 aliphatic heterocycles. The van der Waals surface area contributed by atoms with Gasteiger partial charge >= 0.3 is 0 Å². The molecule has 100 valence electrons. The van der Waals surface area contributed by atoms with Gasteiger partial charge in [0.1, 0.15) is 0 Å². The Morgan fingerprint density at radius 3 is 2.50 bits per heavy atom. The van der Waals surface area contributed by atoms with E-state index in [4.69, 9.17) is 5.73 Å². The first-order chi connectivity index (χ1) is 8.70. The van der Waals surface area contributed by atoms with Crippen molar-refractivity contribution in [2.75, 3.05) is 0 Å². The fourth-order valence-electron chi connectivity index (χ4n) is 3.61. The van der Waals surface area contributed by atoms with Crippen molar-refractivity contribution in [2.24, 2.45) is 17.6 Å². The van der Waals surface area contributed by atoms with E-state index in [1.165, 1.54) is 37.7 Å².